The quantitative estimate of drug-likeness (QED) is 0.770. The van der Waals surface area contributed by atoms with Crippen molar-refractivity contribution < 1.29 is 9.84 Å². The number of hydrogen-bond donors (Lipinski definition) is 1. The average molecular weight is 284 g/mol. The van der Waals surface area contributed by atoms with Crippen LogP contribution in [0.4, 0.5) is 0 Å². The van der Waals surface area contributed by atoms with Crippen molar-refractivity contribution in [1.82, 2.24) is 0 Å². The number of fused-ring (bicyclic) bond motifs is 1. The fraction of sp³-hybridized carbons (Fsp3) is 0.176. The first-order valence-corrected chi connectivity index (χ1v) is 7.55. The van der Waals surface area contributed by atoms with Crippen LogP contribution in [-0.4, -0.2) is 11.7 Å². The number of rotatable bonds is 4. The normalized spacial score (nSPS) is 12.5. The van der Waals surface area contributed by atoms with Gasteiger partial charge in [-0.3, -0.25) is 0 Å². The summed E-state index contributed by atoms with van der Waals surface area (Å²) >= 11 is 1.66. The van der Waals surface area contributed by atoms with Crippen molar-refractivity contribution >= 4 is 21.4 Å². The van der Waals surface area contributed by atoms with Crippen molar-refractivity contribution in [3.05, 3.63) is 65.0 Å². The van der Waals surface area contributed by atoms with Gasteiger partial charge in [0.25, 0.3) is 0 Å². The maximum absolute atomic E-state index is 10.7. The Morgan fingerprint density at radius 3 is 2.70 bits per heavy atom. The lowest BCUT2D eigenvalue weighted by Gasteiger charge is -2.16. The standard InChI is InChI=1S/C17H16O2S/c1-2-19-15-9-4-3-7-13(15)16(18)14-8-5-6-12-10-11-20-17(12)14/h3-11,16,18H,2H2,1H3. The molecule has 3 rings (SSSR count). The topological polar surface area (TPSA) is 29.5 Å². The Bertz CT molecular complexity index is 718. The third kappa shape index (κ3) is 2.30. The summed E-state index contributed by atoms with van der Waals surface area (Å²) in [5.74, 6) is 0.746. The van der Waals surface area contributed by atoms with E-state index in [0.717, 1.165) is 21.6 Å². The Kier molecular flexibility index (Phi) is 3.72. The van der Waals surface area contributed by atoms with Crippen LogP contribution in [0.1, 0.15) is 24.2 Å². The van der Waals surface area contributed by atoms with E-state index in [0.29, 0.717) is 6.61 Å². The summed E-state index contributed by atoms with van der Waals surface area (Å²) in [7, 11) is 0. The maximum Gasteiger partial charge on any atom is 0.125 e. The van der Waals surface area contributed by atoms with Crippen LogP contribution in [-0.2, 0) is 0 Å². The highest BCUT2D eigenvalue weighted by Crippen LogP contribution is 2.35. The van der Waals surface area contributed by atoms with Gasteiger partial charge in [-0.05, 0) is 29.8 Å². The number of thiophene rings is 1. The Labute approximate surface area is 122 Å². The third-order valence-corrected chi connectivity index (χ3v) is 4.30. The lowest BCUT2D eigenvalue weighted by molar-refractivity contribution is 0.213. The average Bonchev–Trinajstić information content (AvgIpc) is 2.96. The van der Waals surface area contributed by atoms with Gasteiger partial charge in [0.05, 0.1) is 6.61 Å². The van der Waals surface area contributed by atoms with Crippen LogP contribution in [0.25, 0.3) is 10.1 Å². The zero-order chi connectivity index (χ0) is 13.9. The summed E-state index contributed by atoms with van der Waals surface area (Å²) in [6.07, 6.45) is -0.667. The van der Waals surface area contributed by atoms with Crippen molar-refractivity contribution in [3.63, 3.8) is 0 Å². The van der Waals surface area contributed by atoms with Crippen molar-refractivity contribution in [2.75, 3.05) is 6.61 Å². The van der Waals surface area contributed by atoms with Gasteiger partial charge in [-0.2, -0.15) is 0 Å². The predicted octanol–water partition coefficient (Wildman–Crippen LogP) is 4.38. The van der Waals surface area contributed by atoms with Gasteiger partial charge in [0.1, 0.15) is 11.9 Å². The summed E-state index contributed by atoms with van der Waals surface area (Å²) in [4.78, 5) is 0. The molecule has 20 heavy (non-hydrogen) atoms. The molecule has 2 aromatic carbocycles. The number of para-hydroxylation sites is 1. The van der Waals surface area contributed by atoms with E-state index < -0.39 is 6.10 Å². The number of benzene rings is 2. The Morgan fingerprint density at radius 2 is 1.85 bits per heavy atom. The fourth-order valence-electron chi connectivity index (χ4n) is 2.39. The van der Waals surface area contributed by atoms with Crippen LogP contribution in [0.2, 0.25) is 0 Å². The summed E-state index contributed by atoms with van der Waals surface area (Å²) < 4.78 is 6.75. The molecule has 0 aliphatic carbocycles. The van der Waals surface area contributed by atoms with Gasteiger partial charge in [0.15, 0.2) is 0 Å². The molecule has 1 N–H and O–H groups in total. The van der Waals surface area contributed by atoms with Gasteiger partial charge in [-0.1, -0.05) is 36.4 Å². The Hall–Kier alpha value is -1.84. The zero-order valence-electron chi connectivity index (χ0n) is 11.2. The molecule has 0 fully saturated rings. The highest BCUT2D eigenvalue weighted by Gasteiger charge is 2.17. The van der Waals surface area contributed by atoms with E-state index in [1.165, 1.54) is 5.39 Å². The highest BCUT2D eigenvalue weighted by atomic mass is 32.1. The molecule has 1 atom stereocenters. The first-order chi connectivity index (χ1) is 9.81. The van der Waals surface area contributed by atoms with Gasteiger partial charge in [-0.15, -0.1) is 11.3 Å². The number of hydrogen-bond acceptors (Lipinski definition) is 3. The molecular weight excluding hydrogens is 268 g/mol. The maximum atomic E-state index is 10.7. The fourth-order valence-corrected chi connectivity index (χ4v) is 3.33. The van der Waals surface area contributed by atoms with Crippen molar-refractivity contribution in [1.29, 1.82) is 0 Å². The monoisotopic (exact) mass is 284 g/mol. The molecule has 0 saturated heterocycles. The molecule has 0 spiro atoms. The number of ether oxygens (including phenoxy) is 1. The molecule has 2 nitrogen and oxygen atoms in total. The van der Waals surface area contributed by atoms with E-state index in [1.54, 1.807) is 11.3 Å². The Morgan fingerprint density at radius 1 is 1.05 bits per heavy atom. The van der Waals surface area contributed by atoms with Crippen LogP contribution in [0.3, 0.4) is 0 Å². The van der Waals surface area contributed by atoms with E-state index in [1.807, 2.05) is 43.3 Å². The van der Waals surface area contributed by atoms with Crippen molar-refractivity contribution in [2.24, 2.45) is 0 Å². The zero-order valence-corrected chi connectivity index (χ0v) is 12.1. The van der Waals surface area contributed by atoms with Gasteiger partial charge in [0.2, 0.25) is 0 Å². The van der Waals surface area contributed by atoms with Crippen molar-refractivity contribution in [3.8, 4) is 5.75 Å². The van der Waals surface area contributed by atoms with Gasteiger partial charge in [-0.25, -0.2) is 0 Å². The molecule has 0 amide bonds. The summed E-state index contributed by atoms with van der Waals surface area (Å²) in [5, 5.41) is 14.0. The van der Waals surface area contributed by atoms with E-state index >= 15 is 0 Å². The minimum atomic E-state index is -0.667. The molecule has 3 heteroatoms. The molecule has 1 unspecified atom stereocenters. The predicted molar refractivity (Wildman–Crippen MR) is 83.5 cm³/mol. The van der Waals surface area contributed by atoms with Gasteiger partial charge in [0, 0.05) is 15.8 Å². The molecule has 102 valence electrons. The van der Waals surface area contributed by atoms with Crippen LogP contribution in [0, 0.1) is 0 Å². The van der Waals surface area contributed by atoms with E-state index in [4.69, 9.17) is 4.74 Å². The SMILES string of the molecule is CCOc1ccccc1C(O)c1cccc2ccsc12. The second-order valence-corrected chi connectivity index (χ2v) is 5.48. The molecule has 3 aromatic rings. The minimum Gasteiger partial charge on any atom is -0.493 e. The van der Waals surface area contributed by atoms with Crippen LogP contribution < -0.4 is 4.74 Å². The van der Waals surface area contributed by atoms with Gasteiger partial charge >= 0.3 is 0 Å². The van der Waals surface area contributed by atoms with Crippen LogP contribution in [0.15, 0.2) is 53.9 Å². The van der Waals surface area contributed by atoms with E-state index in [-0.39, 0.29) is 0 Å². The second kappa shape index (κ2) is 5.65. The first-order valence-electron chi connectivity index (χ1n) is 6.67. The Balaban J connectivity index is 2.08. The van der Waals surface area contributed by atoms with E-state index in [2.05, 4.69) is 17.5 Å². The third-order valence-electron chi connectivity index (χ3n) is 3.32. The number of aliphatic hydroxyl groups is 1. The first kappa shape index (κ1) is 13.2. The molecule has 0 saturated carbocycles. The molecular formula is C17H16O2S. The number of aliphatic hydroxyl groups excluding tert-OH is 1. The van der Waals surface area contributed by atoms with Crippen LogP contribution >= 0.6 is 11.3 Å². The molecule has 0 bridgehead atoms. The summed E-state index contributed by atoms with van der Waals surface area (Å²) in [6, 6.07) is 15.8. The smallest absolute Gasteiger partial charge is 0.125 e. The van der Waals surface area contributed by atoms with E-state index in [9.17, 15) is 5.11 Å². The molecule has 0 aliphatic rings. The van der Waals surface area contributed by atoms with Crippen LogP contribution in [0.5, 0.6) is 5.75 Å². The highest BCUT2D eigenvalue weighted by molar-refractivity contribution is 7.17. The van der Waals surface area contributed by atoms with Crippen molar-refractivity contribution in [2.45, 2.75) is 13.0 Å². The summed E-state index contributed by atoms with van der Waals surface area (Å²) in [5.41, 5.74) is 1.75. The molecule has 0 radical (unpaired) electrons. The molecule has 0 aliphatic heterocycles. The van der Waals surface area contributed by atoms with Gasteiger partial charge < -0.3 is 9.84 Å². The minimum absolute atomic E-state index is 0.590. The largest absolute Gasteiger partial charge is 0.493 e. The summed E-state index contributed by atoms with van der Waals surface area (Å²) in [6.45, 7) is 2.54. The second-order valence-electron chi connectivity index (χ2n) is 4.56. The lowest BCUT2D eigenvalue weighted by atomic mass is 9.99. The lowest BCUT2D eigenvalue weighted by Crippen LogP contribution is -2.04. The molecule has 1 heterocycles. The molecule has 1 aromatic heterocycles.